The first-order chi connectivity index (χ1) is 17.9. The van der Waals surface area contributed by atoms with Gasteiger partial charge in [0.25, 0.3) is 0 Å². The first-order valence-electron chi connectivity index (χ1n) is 12.2. The summed E-state index contributed by atoms with van der Waals surface area (Å²) in [5.41, 5.74) is 0. The van der Waals surface area contributed by atoms with Gasteiger partial charge < -0.3 is 74.2 Å². The van der Waals surface area contributed by atoms with Crippen LogP contribution >= 0.6 is 0 Å². The first kappa shape index (κ1) is 31.4. The minimum Gasteiger partial charge on any atom is -0.394 e. The number of hydrogen-bond donors (Lipinski definition) is 8. The summed E-state index contributed by atoms with van der Waals surface area (Å²) in [5.74, 6) is -0.601. The molecule has 0 aromatic rings. The first-order valence-corrected chi connectivity index (χ1v) is 12.2. The van der Waals surface area contributed by atoms with Gasteiger partial charge in [-0.2, -0.15) is 0 Å². The molecule has 0 aromatic carbocycles. The smallest absolute Gasteiger partial charge is 0.217 e. The van der Waals surface area contributed by atoms with Gasteiger partial charge in [-0.1, -0.05) is 0 Å². The molecule has 1 amide bonds. The van der Waals surface area contributed by atoms with Crippen molar-refractivity contribution in [1.82, 2.24) is 5.32 Å². The summed E-state index contributed by atoms with van der Waals surface area (Å²) in [6.07, 6.45) is -19.8. The minimum atomic E-state index is -1.74. The van der Waals surface area contributed by atoms with Crippen molar-refractivity contribution in [2.24, 2.45) is 0 Å². The van der Waals surface area contributed by atoms with Crippen molar-refractivity contribution >= 4 is 5.91 Å². The minimum absolute atomic E-state index is 0.0485. The maximum atomic E-state index is 11.9. The molecule has 0 aliphatic carbocycles. The SMILES string of the molecule is COC[C@H]1O[C@@H](O[C@H]2[C@H](O[C@@H]3O[C@@H](C)[C@@H](O)[C@@H](O)[C@@H]3O)[C@@H](CO)OC(O)[C@@H]2NC(C)=O)[C@H](O)[C@@H](O)[C@H]1OC. The van der Waals surface area contributed by atoms with Gasteiger partial charge in [-0.15, -0.1) is 0 Å². The van der Waals surface area contributed by atoms with Gasteiger partial charge in [-0.05, 0) is 6.92 Å². The van der Waals surface area contributed by atoms with Crippen molar-refractivity contribution in [3.63, 3.8) is 0 Å². The number of hydrogen-bond acceptors (Lipinski definition) is 15. The van der Waals surface area contributed by atoms with Crippen LogP contribution in [0.25, 0.3) is 0 Å². The van der Waals surface area contributed by atoms with Crippen LogP contribution in [-0.4, -0.2) is 161 Å². The summed E-state index contributed by atoms with van der Waals surface area (Å²) in [7, 11) is 2.70. The van der Waals surface area contributed by atoms with E-state index in [0.29, 0.717) is 0 Å². The Bertz CT molecular complexity index is 762. The number of aliphatic hydroxyl groups is 7. The van der Waals surface area contributed by atoms with E-state index in [1.165, 1.54) is 28.1 Å². The molecule has 0 aromatic heterocycles. The van der Waals surface area contributed by atoms with Crippen molar-refractivity contribution in [2.45, 2.75) is 106 Å². The van der Waals surface area contributed by atoms with E-state index in [4.69, 9.17) is 33.2 Å². The van der Waals surface area contributed by atoms with Crippen molar-refractivity contribution < 1.29 is 73.7 Å². The predicted molar refractivity (Wildman–Crippen MR) is 121 cm³/mol. The Hall–Kier alpha value is -1.09. The van der Waals surface area contributed by atoms with Crippen LogP contribution in [-0.2, 0) is 38.0 Å². The fourth-order valence-corrected chi connectivity index (χ4v) is 4.82. The molecule has 3 heterocycles. The van der Waals surface area contributed by atoms with Gasteiger partial charge >= 0.3 is 0 Å². The van der Waals surface area contributed by atoms with E-state index in [9.17, 15) is 40.5 Å². The fourth-order valence-electron chi connectivity index (χ4n) is 4.82. The number of nitrogens with one attached hydrogen (secondary N) is 1. The third-order valence-electron chi connectivity index (χ3n) is 6.85. The quantitative estimate of drug-likeness (QED) is 0.132. The van der Waals surface area contributed by atoms with Crippen LogP contribution < -0.4 is 5.32 Å². The Kier molecular flexibility index (Phi) is 11.2. The molecule has 16 heteroatoms. The van der Waals surface area contributed by atoms with Crippen LogP contribution in [0.15, 0.2) is 0 Å². The predicted octanol–water partition coefficient (Wildman–Crippen LogP) is -5.09. The van der Waals surface area contributed by atoms with Crippen molar-refractivity contribution in [3.05, 3.63) is 0 Å². The summed E-state index contributed by atoms with van der Waals surface area (Å²) in [5, 5.41) is 75.1. The van der Waals surface area contributed by atoms with Gasteiger partial charge in [0.2, 0.25) is 5.91 Å². The van der Waals surface area contributed by atoms with E-state index >= 15 is 0 Å². The molecular weight excluding hydrogens is 518 g/mol. The van der Waals surface area contributed by atoms with E-state index in [1.54, 1.807) is 0 Å². The average molecular weight is 558 g/mol. The topological polar surface area (TPSA) is 235 Å². The largest absolute Gasteiger partial charge is 0.394 e. The number of carbonyl (C=O) groups excluding carboxylic acids is 1. The van der Waals surface area contributed by atoms with Gasteiger partial charge in [0.05, 0.1) is 19.3 Å². The zero-order valence-electron chi connectivity index (χ0n) is 21.5. The molecule has 3 aliphatic rings. The zero-order chi connectivity index (χ0) is 28.3. The molecule has 15 atom stereocenters. The number of rotatable bonds is 9. The summed E-state index contributed by atoms with van der Waals surface area (Å²) in [6, 6.07) is -1.36. The molecule has 3 aliphatic heterocycles. The number of carbonyl (C=O) groups is 1. The lowest BCUT2D eigenvalue weighted by molar-refractivity contribution is -0.371. The molecule has 0 saturated carbocycles. The Morgan fingerprint density at radius 2 is 1.39 bits per heavy atom. The summed E-state index contributed by atoms with van der Waals surface area (Å²) in [6.45, 7) is 1.82. The molecular formula is C22H39NO15. The van der Waals surface area contributed by atoms with E-state index in [0.717, 1.165) is 0 Å². The highest BCUT2D eigenvalue weighted by Crippen LogP contribution is 2.33. The van der Waals surface area contributed by atoms with Crippen LogP contribution in [0.1, 0.15) is 13.8 Å². The van der Waals surface area contributed by atoms with Crippen molar-refractivity contribution in [1.29, 1.82) is 0 Å². The Balaban J connectivity index is 1.93. The number of methoxy groups -OCH3 is 2. The van der Waals surface area contributed by atoms with Crippen molar-refractivity contribution in [2.75, 3.05) is 27.4 Å². The summed E-state index contributed by atoms with van der Waals surface area (Å²) in [4.78, 5) is 11.9. The molecule has 222 valence electrons. The molecule has 0 spiro atoms. The van der Waals surface area contributed by atoms with E-state index in [1.807, 2.05) is 0 Å². The van der Waals surface area contributed by atoms with Crippen LogP contribution in [0, 0.1) is 0 Å². The lowest BCUT2D eigenvalue weighted by Crippen LogP contribution is -2.69. The lowest BCUT2D eigenvalue weighted by atomic mass is 9.94. The van der Waals surface area contributed by atoms with E-state index < -0.39 is 105 Å². The Morgan fingerprint density at radius 1 is 0.789 bits per heavy atom. The summed E-state index contributed by atoms with van der Waals surface area (Å²) >= 11 is 0. The zero-order valence-corrected chi connectivity index (χ0v) is 21.5. The van der Waals surface area contributed by atoms with Gasteiger partial charge in [-0.25, -0.2) is 0 Å². The third kappa shape index (κ3) is 6.61. The standard InChI is InChI=1S/C22H39NO15/c1-7-12(26)13(27)15(29)21(34-7)37-18-9(5-24)35-20(31)11(23-8(2)25)19(18)38-22-16(30)14(28)17(33-4)10(36-22)6-32-3/h7,9-22,24,26-31H,5-6H2,1-4H3,(H,23,25)/t7-,9+,10+,11+,12+,13+,14+,15-,16+,17-,18+,19+,20?,21-,22-/m0/s1. The highest BCUT2D eigenvalue weighted by atomic mass is 16.8. The Labute approximate surface area is 218 Å². The molecule has 3 rings (SSSR count). The number of amides is 1. The van der Waals surface area contributed by atoms with Crippen LogP contribution in [0.2, 0.25) is 0 Å². The Morgan fingerprint density at radius 3 is 1.97 bits per heavy atom. The van der Waals surface area contributed by atoms with E-state index in [-0.39, 0.29) is 6.61 Å². The normalized spacial score (nSPS) is 48.0. The average Bonchev–Trinajstić information content (AvgIpc) is 2.87. The number of ether oxygens (including phenoxy) is 7. The van der Waals surface area contributed by atoms with Gasteiger partial charge in [0, 0.05) is 21.1 Å². The van der Waals surface area contributed by atoms with Gasteiger partial charge in [-0.3, -0.25) is 4.79 Å². The second kappa shape index (κ2) is 13.5. The highest BCUT2D eigenvalue weighted by Gasteiger charge is 2.54. The molecule has 8 N–H and O–H groups in total. The second-order valence-electron chi connectivity index (χ2n) is 9.54. The van der Waals surface area contributed by atoms with Crippen molar-refractivity contribution in [3.8, 4) is 0 Å². The molecule has 3 saturated heterocycles. The summed E-state index contributed by atoms with van der Waals surface area (Å²) < 4.78 is 38.9. The van der Waals surface area contributed by atoms with Crippen LogP contribution in [0.4, 0.5) is 0 Å². The molecule has 3 fully saturated rings. The maximum Gasteiger partial charge on any atom is 0.217 e. The third-order valence-corrected chi connectivity index (χ3v) is 6.85. The second-order valence-corrected chi connectivity index (χ2v) is 9.54. The lowest BCUT2D eigenvalue weighted by Gasteiger charge is -2.49. The van der Waals surface area contributed by atoms with Crippen LogP contribution in [0.5, 0.6) is 0 Å². The van der Waals surface area contributed by atoms with Gasteiger partial charge in [0.15, 0.2) is 18.9 Å². The fraction of sp³-hybridized carbons (Fsp3) is 0.955. The number of aliphatic hydroxyl groups excluding tert-OH is 7. The monoisotopic (exact) mass is 557 g/mol. The molecule has 38 heavy (non-hydrogen) atoms. The maximum absolute atomic E-state index is 11.9. The van der Waals surface area contributed by atoms with E-state index in [2.05, 4.69) is 5.32 Å². The molecule has 0 radical (unpaired) electrons. The highest BCUT2D eigenvalue weighted by molar-refractivity contribution is 5.73. The molecule has 0 bridgehead atoms. The van der Waals surface area contributed by atoms with Gasteiger partial charge in [0.1, 0.15) is 67.1 Å². The molecule has 16 nitrogen and oxygen atoms in total. The van der Waals surface area contributed by atoms with Crippen LogP contribution in [0.3, 0.4) is 0 Å². The molecule has 1 unspecified atom stereocenters.